The van der Waals surface area contributed by atoms with E-state index >= 15 is 0 Å². The summed E-state index contributed by atoms with van der Waals surface area (Å²) >= 11 is 1.79. The monoisotopic (exact) mass is 304 g/mol. The van der Waals surface area contributed by atoms with E-state index in [2.05, 4.69) is 22.8 Å². The SMILES string of the molecule is O=C(CC1CC2CCC(C1)N2)NCCSc1ccccc1. The van der Waals surface area contributed by atoms with Gasteiger partial charge in [-0.25, -0.2) is 0 Å². The Morgan fingerprint density at radius 1 is 1.19 bits per heavy atom. The van der Waals surface area contributed by atoms with E-state index in [0.29, 0.717) is 24.4 Å². The molecule has 2 atom stereocenters. The first-order valence-electron chi connectivity index (χ1n) is 8.00. The van der Waals surface area contributed by atoms with E-state index in [1.54, 1.807) is 11.8 Å². The highest BCUT2D eigenvalue weighted by atomic mass is 32.2. The molecule has 0 spiro atoms. The van der Waals surface area contributed by atoms with Crippen LogP contribution in [0.25, 0.3) is 0 Å². The van der Waals surface area contributed by atoms with Crippen LogP contribution in [0.4, 0.5) is 0 Å². The molecule has 1 aromatic rings. The second-order valence-electron chi connectivity index (χ2n) is 6.19. The molecule has 114 valence electrons. The molecular weight excluding hydrogens is 280 g/mol. The van der Waals surface area contributed by atoms with Gasteiger partial charge in [0.05, 0.1) is 0 Å². The number of benzene rings is 1. The number of carbonyl (C=O) groups excluding carboxylic acids is 1. The number of fused-ring (bicyclic) bond motifs is 2. The maximum Gasteiger partial charge on any atom is 0.220 e. The van der Waals surface area contributed by atoms with Crippen molar-refractivity contribution in [1.29, 1.82) is 0 Å². The summed E-state index contributed by atoms with van der Waals surface area (Å²) in [6.07, 6.45) is 5.68. The van der Waals surface area contributed by atoms with Gasteiger partial charge in [-0.05, 0) is 43.7 Å². The van der Waals surface area contributed by atoms with Crippen LogP contribution in [0.1, 0.15) is 32.1 Å². The molecule has 2 heterocycles. The van der Waals surface area contributed by atoms with Crippen LogP contribution in [-0.4, -0.2) is 30.3 Å². The molecule has 2 aliphatic rings. The van der Waals surface area contributed by atoms with Crippen LogP contribution in [0.5, 0.6) is 0 Å². The van der Waals surface area contributed by atoms with E-state index in [-0.39, 0.29) is 5.91 Å². The lowest BCUT2D eigenvalue weighted by Crippen LogP contribution is -2.39. The van der Waals surface area contributed by atoms with Gasteiger partial charge in [0.2, 0.25) is 5.91 Å². The van der Waals surface area contributed by atoms with Crippen LogP contribution in [0.3, 0.4) is 0 Å². The molecule has 21 heavy (non-hydrogen) atoms. The Hall–Kier alpha value is -1.00. The first-order valence-corrected chi connectivity index (χ1v) is 8.99. The second kappa shape index (κ2) is 7.32. The summed E-state index contributed by atoms with van der Waals surface area (Å²) in [6, 6.07) is 11.7. The van der Waals surface area contributed by atoms with E-state index in [1.807, 2.05) is 18.2 Å². The number of thioether (sulfide) groups is 1. The van der Waals surface area contributed by atoms with Gasteiger partial charge in [0.15, 0.2) is 0 Å². The van der Waals surface area contributed by atoms with Crippen LogP contribution in [0.2, 0.25) is 0 Å². The predicted octanol–water partition coefficient (Wildman–Crippen LogP) is 2.82. The molecule has 0 saturated carbocycles. The maximum atomic E-state index is 12.0. The number of hydrogen-bond donors (Lipinski definition) is 2. The minimum atomic E-state index is 0.231. The lowest BCUT2D eigenvalue weighted by molar-refractivity contribution is -0.122. The first kappa shape index (κ1) is 14.9. The fourth-order valence-electron chi connectivity index (χ4n) is 3.55. The van der Waals surface area contributed by atoms with Gasteiger partial charge < -0.3 is 10.6 Å². The van der Waals surface area contributed by atoms with Gasteiger partial charge in [-0.1, -0.05) is 18.2 Å². The normalized spacial score (nSPS) is 27.5. The van der Waals surface area contributed by atoms with Gasteiger partial charge in [-0.15, -0.1) is 11.8 Å². The summed E-state index contributed by atoms with van der Waals surface area (Å²) in [6.45, 7) is 0.760. The quantitative estimate of drug-likeness (QED) is 0.627. The second-order valence-corrected chi connectivity index (χ2v) is 7.36. The third-order valence-corrected chi connectivity index (χ3v) is 5.49. The van der Waals surface area contributed by atoms with Crippen molar-refractivity contribution in [2.24, 2.45) is 5.92 Å². The highest BCUT2D eigenvalue weighted by molar-refractivity contribution is 7.99. The van der Waals surface area contributed by atoms with Crippen molar-refractivity contribution in [3.63, 3.8) is 0 Å². The van der Waals surface area contributed by atoms with Gasteiger partial charge in [-0.3, -0.25) is 4.79 Å². The number of amides is 1. The van der Waals surface area contributed by atoms with Crippen molar-refractivity contribution in [1.82, 2.24) is 10.6 Å². The molecule has 2 saturated heterocycles. The van der Waals surface area contributed by atoms with Crippen LogP contribution >= 0.6 is 11.8 Å². The fourth-order valence-corrected chi connectivity index (χ4v) is 4.34. The van der Waals surface area contributed by atoms with Crippen LogP contribution in [0.15, 0.2) is 35.2 Å². The zero-order valence-electron chi connectivity index (χ0n) is 12.4. The van der Waals surface area contributed by atoms with Crippen molar-refractivity contribution < 1.29 is 4.79 Å². The minimum Gasteiger partial charge on any atom is -0.355 e. The Balaban J connectivity index is 1.31. The number of hydrogen-bond acceptors (Lipinski definition) is 3. The molecule has 0 aromatic heterocycles. The van der Waals surface area contributed by atoms with E-state index in [0.717, 1.165) is 12.3 Å². The predicted molar refractivity (Wildman–Crippen MR) is 87.5 cm³/mol. The molecular formula is C17H24N2OS. The Morgan fingerprint density at radius 3 is 2.62 bits per heavy atom. The molecule has 2 unspecified atom stereocenters. The largest absolute Gasteiger partial charge is 0.355 e. The molecule has 2 aliphatic heterocycles. The molecule has 3 rings (SSSR count). The molecule has 3 nitrogen and oxygen atoms in total. The Bertz CT molecular complexity index is 453. The standard InChI is InChI=1S/C17H24N2OS/c20-17(12-13-10-14-6-7-15(11-13)19-14)18-8-9-21-16-4-2-1-3-5-16/h1-5,13-15,19H,6-12H2,(H,18,20). The van der Waals surface area contributed by atoms with Gasteiger partial charge in [0, 0.05) is 35.7 Å². The molecule has 0 aliphatic carbocycles. The van der Waals surface area contributed by atoms with Crippen LogP contribution < -0.4 is 10.6 Å². The lowest BCUT2D eigenvalue weighted by Gasteiger charge is -2.28. The summed E-state index contributed by atoms with van der Waals surface area (Å²) < 4.78 is 0. The van der Waals surface area contributed by atoms with E-state index in [4.69, 9.17) is 0 Å². The average Bonchev–Trinajstić information content (AvgIpc) is 2.84. The van der Waals surface area contributed by atoms with Gasteiger partial charge in [0.1, 0.15) is 0 Å². The smallest absolute Gasteiger partial charge is 0.220 e. The van der Waals surface area contributed by atoms with Gasteiger partial charge >= 0.3 is 0 Å². The Morgan fingerprint density at radius 2 is 1.90 bits per heavy atom. The van der Waals surface area contributed by atoms with E-state index in [1.165, 1.54) is 30.6 Å². The molecule has 0 radical (unpaired) electrons. The first-order chi connectivity index (χ1) is 10.3. The Labute approximate surface area is 131 Å². The van der Waals surface area contributed by atoms with Crippen molar-refractivity contribution in [3.8, 4) is 0 Å². The third kappa shape index (κ3) is 4.48. The third-order valence-electron chi connectivity index (χ3n) is 4.48. The fraction of sp³-hybridized carbons (Fsp3) is 0.588. The summed E-state index contributed by atoms with van der Waals surface area (Å²) in [5, 5.41) is 6.70. The highest BCUT2D eigenvalue weighted by Crippen LogP contribution is 2.32. The topological polar surface area (TPSA) is 41.1 Å². The van der Waals surface area contributed by atoms with Crippen molar-refractivity contribution in [2.45, 2.75) is 49.1 Å². The lowest BCUT2D eigenvalue weighted by atomic mass is 9.89. The van der Waals surface area contributed by atoms with Crippen molar-refractivity contribution in [3.05, 3.63) is 30.3 Å². The summed E-state index contributed by atoms with van der Waals surface area (Å²) in [5.41, 5.74) is 0. The minimum absolute atomic E-state index is 0.231. The van der Waals surface area contributed by atoms with Crippen molar-refractivity contribution >= 4 is 17.7 Å². The van der Waals surface area contributed by atoms with Crippen molar-refractivity contribution in [2.75, 3.05) is 12.3 Å². The Kier molecular flexibility index (Phi) is 5.20. The molecule has 1 aromatic carbocycles. The molecule has 4 heteroatoms. The van der Waals surface area contributed by atoms with E-state index in [9.17, 15) is 4.79 Å². The maximum absolute atomic E-state index is 12.0. The number of piperidine rings is 1. The number of rotatable bonds is 6. The molecule has 2 bridgehead atoms. The summed E-state index contributed by atoms with van der Waals surface area (Å²) in [4.78, 5) is 13.3. The van der Waals surface area contributed by atoms with Gasteiger partial charge in [-0.2, -0.15) is 0 Å². The number of carbonyl (C=O) groups is 1. The van der Waals surface area contributed by atoms with Crippen LogP contribution in [0, 0.1) is 5.92 Å². The zero-order valence-corrected chi connectivity index (χ0v) is 13.2. The highest BCUT2D eigenvalue weighted by Gasteiger charge is 2.33. The van der Waals surface area contributed by atoms with Gasteiger partial charge in [0.25, 0.3) is 0 Å². The average molecular weight is 304 g/mol. The zero-order chi connectivity index (χ0) is 14.5. The molecule has 2 N–H and O–H groups in total. The molecule has 1 amide bonds. The van der Waals surface area contributed by atoms with Crippen LogP contribution in [-0.2, 0) is 4.79 Å². The summed E-state index contributed by atoms with van der Waals surface area (Å²) in [5.74, 6) is 1.76. The summed E-state index contributed by atoms with van der Waals surface area (Å²) in [7, 11) is 0. The van der Waals surface area contributed by atoms with E-state index < -0.39 is 0 Å². The molecule has 2 fully saturated rings. The number of nitrogens with one attached hydrogen (secondary N) is 2.